The molecule has 4 heterocycles. The number of benzene rings is 1. The first kappa shape index (κ1) is 17.2. The Morgan fingerprint density at radius 1 is 1.21 bits per heavy atom. The third-order valence-electron chi connectivity index (χ3n) is 4.82. The normalized spacial score (nSPS) is 13.1. The van der Waals surface area contributed by atoms with E-state index >= 15 is 0 Å². The van der Waals surface area contributed by atoms with Crippen LogP contribution >= 0.6 is 0 Å². The first-order valence-corrected chi connectivity index (χ1v) is 9.24. The van der Waals surface area contributed by atoms with Gasteiger partial charge in [-0.25, -0.2) is 15.0 Å². The summed E-state index contributed by atoms with van der Waals surface area (Å²) in [6.07, 6.45) is 3.39. The highest BCUT2D eigenvalue weighted by Gasteiger charge is 2.19. The van der Waals surface area contributed by atoms with E-state index in [2.05, 4.69) is 30.2 Å². The molecule has 0 bridgehead atoms. The van der Waals surface area contributed by atoms with Crippen LogP contribution in [0.25, 0.3) is 22.4 Å². The van der Waals surface area contributed by atoms with Gasteiger partial charge >= 0.3 is 0 Å². The number of para-hydroxylation sites is 1. The van der Waals surface area contributed by atoms with Crippen LogP contribution in [0.3, 0.4) is 0 Å². The van der Waals surface area contributed by atoms with Gasteiger partial charge in [0.1, 0.15) is 23.8 Å². The molecule has 4 aromatic rings. The summed E-state index contributed by atoms with van der Waals surface area (Å²) in [5.41, 5.74) is 2.63. The topological polar surface area (TPSA) is 96.0 Å². The van der Waals surface area contributed by atoms with Gasteiger partial charge in [0, 0.05) is 25.0 Å². The number of nitrogens with zero attached hydrogens (tertiary/aromatic N) is 4. The molecule has 0 aliphatic carbocycles. The van der Waals surface area contributed by atoms with Gasteiger partial charge < -0.3 is 19.9 Å². The average molecular weight is 386 g/mol. The van der Waals surface area contributed by atoms with Crippen LogP contribution < -0.4 is 15.0 Å². The zero-order chi connectivity index (χ0) is 19.8. The molecule has 0 radical (unpaired) electrons. The Morgan fingerprint density at radius 3 is 3.00 bits per heavy atom. The van der Waals surface area contributed by atoms with E-state index in [-0.39, 0.29) is 5.91 Å². The van der Waals surface area contributed by atoms with Gasteiger partial charge in [0.2, 0.25) is 0 Å². The second-order valence-electron chi connectivity index (χ2n) is 6.77. The maximum Gasteiger partial charge on any atom is 0.259 e. The van der Waals surface area contributed by atoms with Gasteiger partial charge in [-0.1, -0.05) is 12.1 Å². The van der Waals surface area contributed by atoms with Crippen molar-refractivity contribution in [2.75, 3.05) is 30.4 Å². The first-order valence-electron chi connectivity index (χ1n) is 9.24. The van der Waals surface area contributed by atoms with Crippen molar-refractivity contribution in [2.24, 2.45) is 0 Å². The van der Waals surface area contributed by atoms with E-state index in [0.29, 0.717) is 29.3 Å². The number of nitrogens with one attached hydrogen (secondary N) is 2. The zero-order valence-electron chi connectivity index (χ0n) is 15.7. The SMILES string of the molecule is CN1CCOc2cc(-c3nc4c(C(=O)Nc5ccccn5)cccc4[nH]3)cnc21. The number of likely N-dealkylation sites (N-methyl/N-ethyl adjacent to an activating group) is 1. The molecule has 8 nitrogen and oxygen atoms in total. The van der Waals surface area contributed by atoms with Gasteiger partial charge in [-0.2, -0.15) is 0 Å². The second-order valence-corrected chi connectivity index (χ2v) is 6.77. The number of hydrogen-bond acceptors (Lipinski definition) is 6. The van der Waals surface area contributed by atoms with Crippen LogP contribution in [0.2, 0.25) is 0 Å². The Morgan fingerprint density at radius 2 is 2.14 bits per heavy atom. The molecule has 1 aliphatic heterocycles. The van der Waals surface area contributed by atoms with Crippen LogP contribution in [-0.4, -0.2) is 46.0 Å². The van der Waals surface area contributed by atoms with Crippen molar-refractivity contribution in [1.29, 1.82) is 0 Å². The number of anilines is 2. The molecule has 0 unspecified atom stereocenters. The van der Waals surface area contributed by atoms with Crippen molar-refractivity contribution >= 4 is 28.6 Å². The zero-order valence-corrected chi connectivity index (χ0v) is 15.7. The molecule has 0 saturated heterocycles. The van der Waals surface area contributed by atoms with Crippen LogP contribution in [0, 0.1) is 0 Å². The molecule has 144 valence electrons. The monoisotopic (exact) mass is 386 g/mol. The van der Waals surface area contributed by atoms with Gasteiger partial charge in [-0.15, -0.1) is 0 Å². The lowest BCUT2D eigenvalue weighted by Gasteiger charge is -2.26. The fourth-order valence-electron chi connectivity index (χ4n) is 3.33. The summed E-state index contributed by atoms with van der Waals surface area (Å²) in [5.74, 6) is 2.40. The minimum atomic E-state index is -0.263. The highest BCUT2D eigenvalue weighted by molar-refractivity contribution is 6.11. The molecule has 0 atom stereocenters. The van der Waals surface area contributed by atoms with E-state index in [1.165, 1.54) is 0 Å². The van der Waals surface area contributed by atoms with Gasteiger partial charge in [0.25, 0.3) is 5.91 Å². The molecule has 29 heavy (non-hydrogen) atoms. The number of carbonyl (C=O) groups excluding carboxylic acids is 1. The van der Waals surface area contributed by atoms with Crippen molar-refractivity contribution in [2.45, 2.75) is 0 Å². The number of H-pyrrole nitrogens is 1. The molecule has 1 aliphatic rings. The Balaban J connectivity index is 1.51. The molecule has 5 rings (SSSR count). The molecule has 1 amide bonds. The van der Waals surface area contributed by atoms with Crippen molar-refractivity contribution in [3.8, 4) is 17.1 Å². The number of amides is 1. The summed E-state index contributed by atoms with van der Waals surface area (Å²) in [4.78, 5) is 31.4. The van der Waals surface area contributed by atoms with Gasteiger partial charge in [-0.3, -0.25) is 4.79 Å². The van der Waals surface area contributed by atoms with Crippen LogP contribution in [0.5, 0.6) is 5.75 Å². The van der Waals surface area contributed by atoms with Gasteiger partial charge in [0.05, 0.1) is 17.6 Å². The summed E-state index contributed by atoms with van der Waals surface area (Å²) in [6, 6.07) is 12.7. The van der Waals surface area contributed by atoms with Crippen LogP contribution in [0.15, 0.2) is 54.9 Å². The van der Waals surface area contributed by atoms with E-state index in [4.69, 9.17) is 4.74 Å². The molecular weight excluding hydrogens is 368 g/mol. The van der Waals surface area contributed by atoms with E-state index < -0.39 is 0 Å². The summed E-state index contributed by atoms with van der Waals surface area (Å²) in [7, 11) is 1.99. The largest absolute Gasteiger partial charge is 0.488 e. The van der Waals surface area contributed by atoms with Crippen LogP contribution in [0.1, 0.15) is 10.4 Å². The summed E-state index contributed by atoms with van der Waals surface area (Å²) < 4.78 is 5.74. The number of fused-ring (bicyclic) bond motifs is 2. The number of hydrogen-bond donors (Lipinski definition) is 2. The van der Waals surface area contributed by atoms with Crippen molar-refractivity contribution in [3.63, 3.8) is 0 Å². The molecule has 0 saturated carbocycles. The minimum Gasteiger partial charge on any atom is -0.488 e. The van der Waals surface area contributed by atoms with Gasteiger partial charge in [-0.05, 0) is 30.3 Å². The number of aromatic nitrogens is 4. The highest BCUT2D eigenvalue weighted by Crippen LogP contribution is 2.32. The molecule has 0 spiro atoms. The molecule has 8 heteroatoms. The fraction of sp³-hybridized carbons (Fsp3) is 0.143. The van der Waals surface area contributed by atoms with E-state index in [0.717, 1.165) is 29.2 Å². The summed E-state index contributed by atoms with van der Waals surface area (Å²) >= 11 is 0. The van der Waals surface area contributed by atoms with Crippen molar-refractivity contribution in [3.05, 3.63) is 60.4 Å². The molecule has 3 aromatic heterocycles. The van der Waals surface area contributed by atoms with Crippen LogP contribution in [0.4, 0.5) is 11.6 Å². The number of imidazole rings is 1. The first-order chi connectivity index (χ1) is 14.2. The molecule has 1 aromatic carbocycles. The quantitative estimate of drug-likeness (QED) is 0.562. The van der Waals surface area contributed by atoms with E-state index in [9.17, 15) is 4.79 Å². The highest BCUT2D eigenvalue weighted by atomic mass is 16.5. The van der Waals surface area contributed by atoms with E-state index in [1.807, 2.05) is 31.3 Å². The standard InChI is InChI=1S/C21H18N6O2/c1-27-9-10-29-16-11-13(12-23-20(16)27)19-24-15-6-4-5-14(18(15)26-19)21(28)25-17-7-2-3-8-22-17/h2-8,11-12H,9-10H2,1H3,(H,24,26)(H,22,25,28). The molecular formula is C21H18N6O2. The predicted molar refractivity (Wildman–Crippen MR) is 110 cm³/mol. The Hall–Kier alpha value is -3.94. The lowest BCUT2D eigenvalue weighted by molar-refractivity contribution is 0.102. The summed E-state index contributed by atoms with van der Waals surface area (Å²) in [5, 5.41) is 2.80. The number of pyridine rings is 2. The maximum absolute atomic E-state index is 12.8. The lowest BCUT2D eigenvalue weighted by atomic mass is 10.1. The molecule has 2 N–H and O–H groups in total. The smallest absolute Gasteiger partial charge is 0.259 e. The maximum atomic E-state index is 12.8. The third kappa shape index (κ3) is 3.14. The Bertz CT molecular complexity index is 1200. The number of carbonyl (C=O) groups is 1. The van der Waals surface area contributed by atoms with Gasteiger partial charge in [0.15, 0.2) is 11.6 Å². The summed E-state index contributed by atoms with van der Waals surface area (Å²) in [6.45, 7) is 1.42. The van der Waals surface area contributed by atoms with Crippen molar-refractivity contribution in [1.82, 2.24) is 19.9 Å². The van der Waals surface area contributed by atoms with Crippen molar-refractivity contribution < 1.29 is 9.53 Å². The Labute approximate surface area is 166 Å². The van der Waals surface area contributed by atoms with Crippen LogP contribution in [-0.2, 0) is 0 Å². The number of ether oxygens (including phenoxy) is 1. The third-order valence-corrected chi connectivity index (χ3v) is 4.82. The lowest BCUT2D eigenvalue weighted by Crippen LogP contribution is -2.29. The average Bonchev–Trinajstić information content (AvgIpc) is 3.19. The minimum absolute atomic E-state index is 0.263. The van der Waals surface area contributed by atoms with E-state index in [1.54, 1.807) is 30.6 Å². The fourth-order valence-corrected chi connectivity index (χ4v) is 3.33. The second kappa shape index (κ2) is 6.90. The molecule has 0 fully saturated rings. The number of aromatic amines is 1. The Kier molecular flexibility index (Phi) is 4.09. The predicted octanol–water partition coefficient (Wildman–Crippen LogP) is 3.10. The number of rotatable bonds is 3.